The minimum atomic E-state index is -1.26. The first kappa shape index (κ1) is 17.7. The summed E-state index contributed by atoms with van der Waals surface area (Å²) in [6.45, 7) is 2.08. The Morgan fingerprint density at radius 2 is 2.09 bits per heavy atom. The van der Waals surface area contributed by atoms with Crippen LogP contribution in [-0.2, 0) is 11.3 Å². The molecule has 0 aliphatic carbocycles. The number of halogens is 3. The van der Waals surface area contributed by atoms with Gasteiger partial charge in [-0.1, -0.05) is 13.3 Å². The molecule has 1 aliphatic rings. The van der Waals surface area contributed by atoms with Gasteiger partial charge >= 0.3 is 5.97 Å². The normalized spacial score (nSPS) is 25.5. The first-order valence-corrected chi connectivity index (χ1v) is 7.57. The molecule has 0 unspecified atom stereocenters. The van der Waals surface area contributed by atoms with E-state index in [1.165, 1.54) is 0 Å². The third kappa shape index (κ3) is 3.50. The SMILES string of the molecule is CCC[C@]1(C(=O)O)CCN(Cc2cc(F)cc(F)c2F)C[C@@H]1O. The van der Waals surface area contributed by atoms with Gasteiger partial charge in [-0.15, -0.1) is 0 Å². The van der Waals surface area contributed by atoms with Crippen LogP contribution in [0.25, 0.3) is 0 Å². The summed E-state index contributed by atoms with van der Waals surface area (Å²) >= 11 is 0. The minimum absolute atomic E-state index is 0.0177. The lowest BCUT2D eigenvalue weighted by atomic mass is 9.73. The first-order chi connectivity index (χ1) is 10.8. The maximum Gasteiger partial charge on any atom is 0.312 e. The molecule has 1 fully saturated rings. The van der Waals surface area contributed by atoms with Gasteiger partial charge in [0.05, 0.1) is 11.5 Å². The fraction of sp³-hybridized carbons (Fsp3) is 0.562. The number of piperidine rings is 1. The highest BCUT2D eigenvalue weighted by Gasteiger charge is 2.47. The Morgan fingerprint density at radius 3 is 2.65 bits per heavy atom. The molecule has 1 aromatic carbocycles. The zero-order valence-electron chi connectivity index (χ0n) is 12.9. The molecule has 0 aromatic heterocycles. The Labute approximate surface area is 132 Å². The highest BCUT2D eigenvalue weighted by Crippen LogP contribution is 2.37. The summed E-state index contributed by atoms with van der Waals surface area (Å²) in [5, 5.41) is 19.7. The van der Waals surface area contributed by atoms with E-state index in [4.69, 9.17) is 0 Å². The fourth-order valence-electron chi connectivity index (χ4n) is 3.24. The molecule has 2 N–H and O–H groups in total. The van der Waals surface area contributed by atoms with Crippen molar-refractivity contribution in [3.63, 3.8) is 0 Å². The smallest absolute Gasteiger partial charge is 0.312 e. The van der Waals surface area contributed by atoms with Crippen molar-refractivity contribution in [3.8, 4) is 0 Å². The van der Waals surface area contributed by atoms with Crippen LogP contribution in [-0.4, -0.2) is 40.3 Å². The molecule has 2 atom stereocenters. The van der Waals surface area contributed by atoms with Crippen LogP contribution in [0.2, 0.25) is 0 Å². The molecular weight excluding hydrogens is 311 g/mol. The molecule has 2 rings (SSSR count). The second-order valence-corrected chi connectivity index (χ2v) is 6.07. The van der Waals surface area contributed by atoms with Crippen molar-refractivity contribution in [2.45, 2.75) is 38.8 Å². The molecule has 23 heavy (non-hydrogen) atoms. The maximum atomic E-state index is 13.7. The van der Waals surface area contributed by atoms with Crippen molar-refractivity contribution in [2.75, 3.05) is 13.1 Å². The number of rotatable bonds is 5. The Morgan fingerprint density at radius 1 is 1.39 bits per heavy atom. The predicted octanol–water partition coefficient (Wildman–Crippen LogP) is 2.54. The van der Waals surface area contributed by atoms with Crippen LogP contribution < -0.4 is 0 Å². The molecule has 128 valence electrons. The number of carboxylic acids is 1. The summed E-state index contributed by atoms with van der Waals surface area (Å²) in [5.74, 6) is -4.30. The third-order valence-electron chi connectivity index (χ3n) is 4.53. The number of benzene rings is 1. The molecule has 0 amide bonds. The van der Waals surface area contributed by atoms with E-state index in [1.807, 2.05) is 6.92 Å². The van der Waals surface area contributed by atoms with E-state index in [0.717, 1.165) is 6.07 Å². The molecule has 1 aliphatic heterocycles. The molecule has 1 heterocycles. The number of aliphatic hydroxyl groups is 1. The Hall–Kier alpha value is -1.60. The molecule has 1 saturated heterocycles. The van der Waals surface area contributed by atoms with Crippen LogP contribution in [0.5, 0.6) is 0 Å². The number of β-amino-alcohol motifs (C(OH)–C–C–N with tert-alkyl or cyclic N) is 1. The number of nitrogens with zero attached hydrogens (tertiary/aromatic N) is 1. The van der Waals surface area contributed by atoms with Gasteiger partial charge in [0, 0.05) is 24.7 Å². The summed E-state index contributed by atoms with van der Waals surface area (Å²) in [4.78, 5) is 13.2. The van der Waals surface area contributed by atoms with Gasteiger partial charge in [-0.05, 0) is 25.5 Å². The zero-order chi connectivity index (χ0) is 17.2. The van der Waals surface area contributed by atoms with Crippen molar-refractivity contribution in [1.29, 1.82) is 0 Å². The van der Waals surface area contributed by atoms with Crippen LogP contribution >= 0.6 is 0 Å². The van der Waals surface area contributed by atoms with Crippen LogP contribution in [0.3, 0.4) is 0 Å². The second kappa shape index (κ2) is 6.88. The largest absolute Gasteiger partial charge is 0.481 e. The number of likely N-dealkylation sites (tertiary alicyclic amines) is 1. The standard InChI is InChI=1S/C16H20F3NO3/c1-2-3-16(15(22)23)4-5-20(9-13(16)21)8-10-6-11(17)7-12(18)14(10)19/h6-7,13,21H,2-5,8-9H2,1H3,(H,22,23)/t13-,16-/m0/s1. The van der Waals surface area contributed by atoms with Crippen LogP contribution in [0.4, 0.5) is 13.2 Å². The molecule has 0 bridgehead atoms. The van der Waals surface area contributed by atoms with E-state index in [2.05, 4.69) is 0 Å². The third-order valence-corrected chi connectivity index (χ3v) is 4.53. The van der Waals surface area contributed by atoms with Gasteiger partial charge in [0.1, 0.15) is 5.82 Å². The van der Waals surface area contributed by atoms with Gasteiger partial charge < -0.3 is 10.2 Å². The summed E-state index contributed by atoms with van der Waals surface area (Å²) in [6.07, 6.45) is 0.0552. The second-order valence-electron chi connectivity index (χ2n) is 6.07. The molecular formula is C16H20F3NO3. The van der Waals surface area contributed by atoms with E-state index in [-0.39, 0.29) is 25.1 Å². The quantitative estimate of drug-likeness (QED) is 0.814. The highest BCUT2D eigenvalue weighted by molar-refractivity contribution is 5.75. The predicted molar refractivity (Wildman–Crippen MR) is 77.2 cm³/mol. The number of aliphatic hydroxyl groups excluding tert-OH is 1. The summed E-state index contributed by atoms with van der Waals surface area (Å²) < 4.78 is 40.2. The number of carboxylic acid groups (broad SMARTS) is 1. The Kier molecular flexibility index (Phi) is 5.31. The monoisotopic (exact) mass is 331 g/mol. The van der Waals surface area contributed by atoms with Crippen LogP contribution in [0.15, 0.2) is 12.1 Å². The van der Waals surface area contributed by atoms with Crippen molar-refractivity contribution in [2.24, 2.45) is 5.41 Å². The van der Waals surface area contributed by atoms with E-state index in [0.29, 0.717) is 25.5 Å². The van der Waals surface area contributed by atoms with E-state index >= 15 is 0 Å². The molecule has 4 nitrogen and oxygen atoms in total. The lowest BCUT2D eigenvalue weighted by Crippen LogP contribution is -2.54. The van der Waals surface area contributed by atoms with Gasteiger partial charge in [0.2, 0.25) is 0 Å². The van der Waals surface area contributed by atoms with Gasteiger partial charge in [-0.25, -0.2) is 13.2 Å². The molecule has 0 spiro atoms. The van der Waals surface area contributed by atoms with Crippen molar-refractivity contribution < 1.29 is 28.2 Å². The van der Waals surface area contributed by atoms with E-state index in [1.54, 1.807) is 4.90 Å². The fourth-order valence-corrected chi connectivity index (χ4v) is 3.24. The summed E-state index contributed by atoms with van der Waals surface area (Å²) in [6, 6.07) is 1.39. The zero-order valence-corrected chi connectivity index (χ0v) is 12.9. The molecule has 1 aromatic rings. The van der Waals surface area contributed by atoms with Crippen molar-refractivity contribution in [3.05, 3.63) is 35.1 Å². The summed E-state index contributed by atoms with van der Waals surface area (Å²) in [5.41, 5.74) is -1.36. The van der Waals surface area contributed by atoms with Crippen LogP contribution in [0.1, 0.15) is 31.7 Å². The van der Waals surface area contributed by atoms with Crippen molar-refractivity contribution >= 4 is 5.97 Å². The van der Waals surface area contributed by atoms with Crippen LogP contribution in [0, 0.1) is 22.9 Å². The van der Waals surface area contributed by atoms with Crippen molar-refractivity contribution in [1.82, 2.24) is 4.90 Å². The Bertz CT molecular complexity index is 596. The lowest BCUT2D eigenvalue weighted by molar-refractivity contribution is -0.164. The molecule has 0 radical (unpaired) electrons. The average molecular weight is 331 g/mol. The number of hydrogen-bond acceptors (Lipinski definition) is 3. The van der Waals surface area contributed by atoms with Gasteiger partial charge in [-0.2, -0.15) is 0 Å². The first-order valence-electron chi connectivity index (χ1n) is 7.57. The van der Waals surface area contributed by atoms with Gasteiger partial charge in [0.25, 0.3) is 0 Å². The minimum Gasteiger partial charge on any atom is -0.481 e. The Balaban J connectivity index is 2.13. The van der Waals surface area contributed by atoms with E-state index < -0.39 is 34.9 Å². The maximum absolute atomic E-state index is 13.7. The number of carbonyl (C=O) groups is 1. The number of aliphatic carboxylic acids is 1. The summed E-state index contributed by atoms with van der Waals surface area (Å²) in [7, 11) is 0. The lowest BCUT2D eigenvalue weighted by Gasteiger charge is -2.42. The van der Waals surface area contributed by atoms with Gasteiger partial charge in [-0.3, -0.25) is 9.69 Å². The van der Waals surface area contributed by atoms with E-state index in [9.17, 15) is 28.2 Å². The van der Waals surface area contributed by atoms with Gasteiger partial charge in [0.15, 0.2) is 11.6 Å². The highest BCUT2D eigenvalue weighted by atomic mass is 19.2. The average Bonchev–Trinajstić information content (AvgIpc) is 2.47. The molecule has 7 heteroatoms. The molecule has 0 saturated carbocycles. The number of hydrogen-bond donors (Lipinski definition) is 2. The topological polar surface area (TPSA) is 60.8 Å².